The molecule has 1 N–H and O–H groups in total. The molecule has 0 aromatic heterocycles. The van der Waals surface area contributed by atoms with Gasteiger partial charge in [0.15, 0.2) is 6.61 Å². The molecule has 4 nitrogen and oxygen atoms in total. The lowest BCUT2D eigenvalue weighted by atomic mass is 9.98. The monoisotopic (exact) mass is 325 g/mol. The number of ether oxygens (including phenoxy) is 1. The Morgan fingerprint density at radius 3 is 2.33 bits per heavy atom. The molecule has 0 bridgehead atoms. The molecule has 0 heterocycles. The van der Waals surface area contributed by atoms with Crippen LogP contribution in [-0.4, -0.2) is 18.5 Å². The van der Waals surface area contributed by atoms with Crippen molar-refractivity contribution in [3.63, 3.8) is 0 Å². The van der Waals surface area contributed by atoms with Gasteiger partial charge in [-0.25, -0.2) is 0 Å². The van der Waals surface area contributed by atoms with Crippen molar-refractivity contribution in [2.45, 2.75) is 32.6 Å². The molecule has 0 fully saturated rings. The molecule has 1 amide bonds. The summed E-state index contributed by atoms with van der Waals surface area (Å²) in [6, 6.07) is 17.4. The summed E-state index contributed by atoms with van der Waals surface area (Å²) in [5.74, 6) is -0.647. The Labute approximate surface area is 142 Å². The van der Waals surface area contributed by atoms with Crippen molar-refractivity contribution in [2.75, 3.05) is 11.9 Å². The van der Waals surface area contributed by atoms with Crippen LogP contribution in [-0.2, 0) is 20.7 Å². The number of rotatable bonds is 7. The molecule has 0 aliphatic heterocycles. The van der Waals surface area contributed by atoms with Crippen LogP contribution >= 0.6 is 0 Å². The number of nitrogens with one attached hydrogen (secondary N) is 1. The zero-order valence-electron chi connectivity index (χ0n) is 14.1. The highest BCUT2D eigenvalue weighted by Crippen LogP contribution is 2.18. The van der Waals surface area contributed by atoms with E-state index >= 15 is 0 Å². The summed E-state index contributed by atoms with van der Waals surface area (Å²) in [5, 5.41) is 2.72. The van der Waals surface area contributed by atoms with Gasteiger partial charge in [0.05, 0.1) is 6.42 Å². The first-order valence-electron chi connectivity index (χ1n) is 8.18. The maximum atomic E-state index is 11.9. The van der Waals surface area contributed by atoms with E-state index in [2.05, 4.69) is 12.2 Å². The molecule has 24 heavy (non-hydrogen) atoms. The van der Waals surface area contributed by atoms with E-state index in [-0.39, 0.29) is 30.8 Å². The molecule has 0 aliphatic rings. The molecule has 0 spiro atoms. The molecule has 2 aromatic rings. The fourth-order valence-corrected chi connectivity index (χ4v) is 2.38. The van der Waals surface area contributed by atoms with Crippen LogP contribution in [0.15, 0.2) is 54.6 Å². The molecule has 2 aromatic carbocycles. The van der Waals surface area contributed by atoms with Crippen molar-refractivity contribution in [2.24, 2.45) is 0 Å². The maximum absolute atomic E-state index is 11.9. The zero-order valence-corrected chi connectivity index (χ0v) is 14.1. The minimum atomic E-state index is -0.372. The molecule has 0 saturated heterocycles. The summed E-state index contributed by atoms with van der Waals surface area (Å²) in [7, 11) is 0. The normalized spacial score (nSPS) is 11.6. The van der Waals surface area contributed by atoms with Crippen LogP contribution < -0.4 is 5.32 Å². The fraction of sp³-hybridized carbons (Fsp3) is 0.300. The molecule has 126 valence electrons. The van der Waals surface area contributed by atoms with Gasteiger partial charge in [0, 0.05) is 5.69 Å². The van der Waals surface area contributed by atoms with Crippen LogP contribution in [0.5, 0.6) is 0 Å². The van der Waals surface area contributed by atoms with E-state index in [9.17, 15) is 9.59 Å². The third-order valence-corrected chi connectivity index (χ3v) is 3.85. The van der Waals surface area contributed by atoms with E-state index in [1.165, 1.54) is 5.56 Å². The maximum Gasteiger partial charge on any atom is 0.306 e. The van der Waals surface area contributed by atoms with Crippen LogP contribution in [0, 0.1) is 0 Å². The van der Waals surface area contributed by atoms with E-state index in [4.69, 9.17) is 4.74 Å². The Morgan fingerprint density at radius 1 is 1.04 bits per heavy atom. The quantitative estimate of drug-likeness (QED) is 0.785. The Morgan fingerprint density at radius 2 is 1.71 bits per heavy atom. The lowest BCUT2D eigenvalue weighted by Crippen LogP contribution is -2.21. The van der Waals surface area contributed by atoms with Gasteiger partial charge < -0.3 is 10.1 Å². The number of hydrogen-bond donors (Lipinski definition) is 1. The van der Waals surface area contributed by atoms with Crippen molar-refractivity contribution in [1.82, 2.24) is 0 Å². The van der Waals surface area contributed by atoms with Gasteiger partial charge in [-0.3, -0.25) is 9.59 Å². The Hall–Kier alpha value is -2.62. The number of carbonyl (C=O) groups excluding carboxylic acids is 2. The number of aryl methyl sites for hydroxylation is 1. The first-order valence-corrected chi connectivity index (χ1v) is 8.18. The molecule has 0 radical (unpaired) electrons. The molecule has 0 unspecified atom stereocenters. The van der Waals surface area contributed by atoms with Gasteiger partial charge >= 0.3 is 5.97 Å². The van der Waals surface area contributed by atoms with E-state index < -0.39 is 0 Å². The van der Waals surface area contributed by atoms with Crippen molar-refractivity contribution in [3.05, 3.63) is 65.7 Å². The summed E-state index contributed by atoms with van der Waals surface area (Å²) in [6.45, 7) is 3.77. The van der Waals surface area contributed by atoms with Crippen molar-refractivity contribution in [1.29, 1.82) is 0 Å². The lowest BCUT2D eigenvalue weighted by molar-refractivity contribution is -0.147. The van der Waals surface area contributed by atoms with Gasteiger partial charge in [-0.15, -0.1) is 0 Å². The topological polar surface area (TPSA) is 55.4 Å². The number of hydrogen-bond acceptors (Lipinski definition) is 3. The standard InChI is InChI=1S/C20H23NO3/c1-3-16-9-11-18(12-10-16)21-19(22)14-24-20(23)13-15(2)17-7-5-4-6-8-17/h4-12,15H,3,13-14H2,1-2H3,(H,21,22)/t15-/m1/s1. The highest BCUT2D eigenvalue weighted by atomic mass is 16.5. The number of carbonyl (C=O) groups is 2. The number of amides is 1. The Balaban J connectivity index is 1.75. The predicted octanol–water partition coefficient (Wildman–Crippen LogP) is 3.92. The second-order valence-corrected chi connectivity index (χ2v) is 5.78. The highest BCUT2D eigenvalue weighted by molar-refractivity contribution is 5.92. The van der Waals surface area contributed by atoms with Crippen LogP contribution in [0.1, 0.15) is 37.3 Å². The van der Waals surface area contributed by atoms with Gasteiger partial charge in [-0.1, -0.05) is 56.3 Å². The second-order valence-electron chi connectivity index (χ2n) is 5.78. The van der Waals surface area contributed by atoms with Crippen LogP contribution in [0.25, 0.3) is 0 Å². The van der Waals surface area contributed by atoms with Gasteiger partial charge in [0.1, 0.15) is 0 Å². The highest BCUT2D eigenvalue weighted by Gasteiger charge is 2.13. The summed E-state index contributed by atoms with van der Waals surface area (Å²) in [4.78, 5) is 23.7. The van der Waals surface area contributed by atoms with Crippen molar-refractivity contribution in [3.8, 4) is 0 Å². The van der Waals surface area contributed by atoms with Crippen molar-refractivity contribution < 1.29 is 14.3 Å². The van der Waals surface area contributed by atoms with Gasteiger partial charge in [-0.2, -0.15) is 0 Å². The second kappa shape index (κ2) is 8.87. The first kappa shape index (κ1) is 17.7. The smallest absolute Gasteiger partial charge is 0.306 e. The number of anilines is 1. The Kier molecular flexibility index (Phi) is 6.55. The largest absolute Gasteiger partial charge is 0.456 e. The summed E-state index contributed by atoms with van der Waals surface area (Å²) < 4.78 is 5.06. The SMILES string of the molecule is CCc1ccc(NC(=O)COC(=O)C[C@@H](C)c2ccccc2)cc1. The average Bonchev–Trinajstić information content (AvgIpc) is 2.61. The molecule has 2 rings (SSSR count). The molecule has 0 saturated carbocycles. The zero-order chi connectivity index (χ0) is 17.4. The fourth-order valence-electron chi connectivity index (χ4n) is 2.38. The predicted molar refractivity (Wildman–Crippen MR) is 94.9 cm³/mol. The minimum absolute atomic E-state index is 0.0587. The molecule has 0 aliphatic carbocycles. The van der Waals surface area contributed by atoms with Gasteiger partial charge in [-0.05, 0) is 35.6 Å². The molecule has 1 atom stereocenters. The average molecular weight is 325 g/mol. The first-order chi connectivity index (χ1) is 11.6. The summed E-state index contributed by atoms with van der Waals surface area (Å²) in [6.07, 6.45) is 1.20. The van der Waals surface area contributed by atoms with Gasteiger partial charge in [0.2, 0.25) is 0 Å². The van der Waals surface area contributed by atoms with Crippen LogP contribution in [0.3, 0.4) is 0 Å². The molecule has 4 heteroatoms. The van der Waals surface area contributed by atoms with E-state index in [1.54, 1.807) is 0 Å². The number of esters is 1. The summed E-state index contributed by atoms with van der Waals surface area (Å²) >= 11 is 0. The number of benzene rings is 2. The van der Waals surface area contributed by atoms with E-state index in [0.717, 1.165) is 12.0 Å². The van der Waals surface area contributed by atoms with Gasteiger partial charge in [0.25, 0.3) is 5.91 Å². The lowest BCUT2D eigenvalue weighted by Gasteiger charge is -2.11. The van der Waals surface area contributed by atoms with Crippen LogP contribution in [0.2, 0.25) is 0 Å². The van der Waals surface area contributed by atoms with E-state index in [1.807, 2.05) is 61.5 Å². The van der Waals surface area contributed by atoms with E-state index in [0.29, 0.717) is 5.69 Å². The third-order valence-electron chi connectivity index (χ3n) is 3.85. The third kappa shape index (κ3) is 5.54. The summed E-state index contributed by atoms with van der Waals surface area (Å²) in [5.41, 5.74) is 2.98. The molecular weight excluding hydrogens is 302 g/mol. The van der Waals surface area contributed by atoms with Crippen molar-refractivity contribution >= 4 is 17.6 Å². The van der Waals surface area contributed by atoms with Crippen LogP contribution in [0.4, 0.5) is 5.69 Å². The minimum Gasteiger partial charge on any atom is -0.456 e. The Bertz CT molecular complexity index is 665. The molecular formula is C20H23NO3.